The van der Waals surface area contributed by atoms with Crippen LogP contribution >= 0.6 is 0 Å². The molecule has 0 aliphatic heterocycles. The van der Waals surface area contributed by atoms with Crippen molar-refractivity contribution in [3.8, 4) is 11.5 Å². The molecule has 0 heterocycles. The van der Waals surface area contributed by atoms with Crippen LogP contribution in [-0.4, -0.2) is 21.6 Å². The smallest absolute Gasteiger partial charge is 0.124 e. The zero-order chi connectivity index (χ0) is 16.3. The molecule has 0 unspecified atom stereocenters. The Morgan fingerprint density at radius 2 is 1.14 bits per heavy atom. The summed E-state index contributed by atoms with van der Waals surface area (Å²) in [6, 6.07) is 6.98. The molecule has 0 radical (unpaired) electrons. The van der Waals surface area contributed by atoms with Gasteiger partial charge in [0.05, 0.1) is 11.4 Å². The van der Waals surface area contributed by atoms with E-state index in [-0.39, 0.29) is 34.0 Å². The zero-order valence-electron chi connectivity index (χ0n) is 12.0. The average Bonchev–Trinajstić information content (AvgIpc) is 2.49. The first-order valence-electron chi connectivity index (χ1n) is 6.45. The molecule has 2 aromatic rings. The molecule has 0 aliphatic rings. The van der Waals surface area contributed by atoms with E-state index in [1.54, 1.807) is 13.8 Å². The molecule has 0 aromatic heterocycles. The molecule has 114 valence electrons. The van der Waals surface area contributed by atoms with E-state index in [1.165, 1.54) is 12.1 Å². The summed E-state index contributed by atoms with van der Waals surface area (Å²) < 4.78 is 26.4. The Hall–Kier alpha value is -2.76. The van der Waals surface area contributed by atoms with Crippen molar-refractivity contribution in [2.24, 2.45) is 10.2 Å². The van der Waals surface area contributed by atoms with Crippen LogP contribution < -0.4 is 0 Å². The number of nitrogens with zero attached hydrogens (tertiary/aromatic N) is 2. The molecule has 2 N–H and O–H groups in total. The lowest BCUT2D eigenvalue weighted by Crippen LogP contribution is -1.99. The summed E-state index contributed by atoms with van der Waals surface area (Å²) >= 11 is 0. The third-order valence-electron chi connectivity index (χ3n) is 3.05. The van der Waals surface area contributed by atoms with Crippen LogP contribution in [0.1, 0.15) is 25.0 Å². The Balaban J connectivity index is 2.36. The topological polar surface area (TPSA) is 65.2 Å². The molecule has 6 heteroatoms. The number of halogens is 2. The standard InChI is InChI=1S/C16H14F2N2O2/c1-9(13-7-11(17)3-5-15(13)21)19-20-10(2)14-8-12(18)4-6-16(14)22/h3-8,21-22H,1-2H3. The molecule has 0 aliphatic carbocycles. The van der Waals surface area contributed by atoms with Crippen molar-refractivity contribution in [2.45, 2.75) is 13.8 Å². The summed E-state index contributed by atoms with van der Waals surface area (Å²) in [6.07, 6.45) is 0. The summed E-state index contributed by atoms with van der Waals surface area (Å²) in [4.78, 5) is 0. The predicted octanol–water partition coefficient (Wildman–Crippen LogP) is 3.61. The van der Waals surface area contributed by atoms with Gasteiger partial charge in [-0.25, -0.2) is 8.78 Å². The predicted molar refractivity (Wildman–Crippen MR) is 80.6 cm³/mol. The molecule has 0 amide bonds. The quantitative estimate of drug-likeness (QED) is 0.672. The molecule has 0 fully saturated rings. The van der Waals surface area contributed by atoms with Gasteiger partial charge in [-0.2, -0.15) is 10.2 Å². The Morgan fingerprint density at radius 3 is 1.50 bits per heavy atom. The van der Waals surface area contributed by atoms with Gasteiger partial charge in [-0.3, -0.25) is 0 Å². The summed E-state index contributed by atoms with van der Waals surface area (Å²) in [5.74, 6) is -1.26. The molecule has 22 heavy (non-hydrogen) atoms. The van der Waals surface area contributed by atoms with Crippen LogP contribution in [0, 0.1) is 11.6 Å². The average molecular weight is 304 g/mol. The Bertz CT molecular complexity index is 705. The molecule has 2 rings (SSSR count). The van der Waals surface area contributed by atoms with Gasteiger partial charge >= 0.3 is 0 Å². The minimum Gasteiger partial charge on any atom is -0.507 e. The van der Waals surface area contributed by atoms with E-state index in [0.717, 1.165) is 24.3 Å². The van der Waals surface area contributed by atoms with Gasteiger partial charge in [-0.05, 0) is 50.2 Å². The summed E-state index contributed by atoms with van der Waals surface area (Å²) in [6.45, 7) is 3.10. The van der Waals surface area contributed by atoms with Crippen molar-refractivity contribution in [3.05, 3.63) is 59.2 Å². The summed E-state index contributed by atoms with van der Waals surface area (Å²) in [7, 11) is 0. The van der Waals surface area contributed by atoms with Gasteiger partial charge in [0, 0.05) is 11.1 Å². The second kappa shape index (κ2) is 6.34. The maximum Gasteiger partial charge on any atom is 0.124 e. The van der Waals surface area contributed by atoms with Gasteiger partial charge in [0.1, 0.15) is 23.1 Å². The van der Waals surface area contributed by atoms with Crippen molar-refractivity contribution in [1.29, 1.82) is 0 Å². The van der Waals surface area contributed by atoms with E-state index >= 15 is 0 Å². The van der Waals surface area contributed by atoms with Gasteiger partial charge < -0.3 is 10.2 Å². The van der Waals surface area contributed by atoms with E-state index in [1.807, 2.05) is 0 Å². The SMILES string of the molecule is CC(=NN=C(C)c1cc(F)ccc1O)c1cc(F)ccc1O. The fraction of sp³-hybridized carbons (Fsp3) is 0.125. The summed E-state index contributed by atoms with van der Waals surface area (Å²) in [5, 5.41) is 27.1. The van der Waals surface area contributed by atoms with Crippen LogP contribution in [0.25, 0.3) is 0 Å². The lowest BCUT2D eigenvalue weighted by atomic mass is 10.1. The lowest BCUT2D eigenvalue weighted by molar-refractivity contribution is 0.471. The highest BCUT2D eigenvalue weighted by atomic mass is 19.1. The molecule has 4 nitrogen and oxygen atoms in total. The van der Waals surface area contributed by atoms with Crippen LogP contribution in [0.5, 0.6) is 11.5 Å². The second-order valence-electron chi connectivity index (χ2n) is 4.69. The van der Waals surface area contributed by atoms with E-state index in [9.17, 15) is 19.0 Å². The first-order chi connectivity index (χ1) is 10.4. The Morgan fingerprint density at radius 1 is 0.773 bits per heavy atom. The highest BCUT2D eigenvalue weighted by molar-refractivity contribution is 6.03. The van der Waals surface area contributed by atoms with Crippen molar-refractivity contribution >= 4 is 11.4 Å². The molecule has 0 spiro atoms. The molecule has 0 bridgehead atoms. The van der Waals surface area contributed by atoms with E-state index in [0.29, 0.717) is 0 Å². The van der Waals surface area contributed by atoms with Crippen molar-refractivity contribution in [3.63, 3.8) is 0 Å². The Kier molecular flexibility index (Phi) is 4.50. The monoisotopic (exact) mass is 304 g/mol. The lowest BCUT2D eigenvalue weighted by Gasteiger charge is -2.04. The molecule has 0 saturated heterocycles. The maximum atomic E-state index is 13.2. The van der Waals surface area contributed by atoms with Gasteiger partial charge in [-0.15, -0.1) is 0 Å². The largest absolute Gasteiger partial charge is 0.507 e. The van der Waals surface area contributed by atoms with Gasteiger partial charge in [0.25, 0.3) is 0 Å². The molecule has 0 atom stereocenters. The van der Waals surface area contributed by atoms with Crippen LogP contribution in [0.3, 0.4) is 0 Å². The van der Waals surface area contributed by atoms with Crippen molar-refractivity contribution < 1.29 is 19.0 Å². The first kappa shape index (κ1) is 15.6. The number of phenolic OH excluding ortho intramolecular Hbond substituents is 2. The second-order valence-corrected chi connectivity index (χ2v) is 4.69. The number of benzene rings is 2. The van der Waals surface area contributed by atoms with Crippen molar-refractivity contribution in [2.75, 3.05) is 0 Å². The van der Waals surface area contributed by atoms with E-state index in [4.69, 9.17) is 0 Å². The minimum atomic E-state index is -0.508. The summed E-state index contributed by atoms with van der Waals surface area (Å²) in [5.41, 5.74) is 0.986. The third kappa shape index (κ3) is 3.46. The third-order valence-corrected chi connectivity index (χ3v) is 3.05. The normalized spacial score (nSPS) is 12.5. The molecular weight excluding hydrogens is 290 g/mol. The van der Waals surface area contributed by atoms with Gasteiger partial charge in [-0.1, -0.05) is 0 Å². The van der Waals surface area contributed by atoms with Crippen LogP contribution in [0.2, 0.25) is 0 Å². The van der Waals surface area contributed by atoms with Gasteiger partial charge in [0.2, 0.25) is 0 Å². The highest BCUT2D eigenvalue weighted by Crippen LogP contribution is 2.20. The van der Waals surface area contributed by atoms with Crippen LogP contribution in [0.15, 0.2) is 46.6 Å². The maximum absolute atomic E-state index is 13.2. The fourth-order valence-corrected chi connectivity index (χ4v) is 1.85. The first-order valence-corrected chi connectivity index (χ1v) is 6.45. The number of phenols is 2. The van der Waals surface area contributed by atoms with E-state index < -0.39 is 11.6 Å². The van der Waals surface area contributed by atoms with Crippen LogP contribution in [0.4, 0.5) is 8.78 Å². The number of hydrogen-bond donors (Lipinski definition) is 2. The molecule has 2 aromatic carbocycles. The van der Waals surface area contributed by atoms with Crippen molar-refractivity contribution in [1.82, 2.24) is 0 Å². The highest BCUT2D eigenvalue weighted by Gasteiger charge is 2.08. The number of rotatable bonds is 3. The van der Waals surface area contributed by atoms with E-state index in [2.05, 4.69) is 10.2 Å². The zero-order valence-corrected chi connectivity index (χ0v) is 12.0. The Labute approximate surface area is 126 Å². The number of hydrogen-bond acceptors (Lipinski definition) is 4. The number of aromatic hydroxyl groups is 2. The van der Waals surface area contributed by atoms with Crippen LogP contribution in [-0.2, 0) is 0 Å². The minimum absolute atomic E-state index is 0.121. The molecular formula is C16H14F2N2O2. The fourth-order valence-electron chi connectivity index (χ4n) is 1.85. The molecule has 0 saturated carbocycles. The van der Waals surface area contributed by atoms with Gasteiger partial charge in [0.15, 0.2) is 0 Å².